The molecule has 0 aliphatic rings. The lowest BCUT2D eigenvalue weighted by molar-refractivity contribution is -0.105. The van der Waals surface area contributed by atoms with Crippen molar-refractivity contribution in [2.24, 2.45) is 0 Å². The van der Waals surface area contributed by atoms with E-state index in [-0.39, 0.29) is 27.4 Å². The first-order valence-electron chi connectivity index (χ1n) is 6.81. The Labute approximate surface area is 142 Å². The van der Waals surface area contributed by atoms with Crippen LogP contribution in [0.1, 0.15) is 16.8 Å². The number of nitriles is 1. The van der Waals surface area contributed by atoms with Crippen LogP contribution in [0.5, 0.6) is 0 Å². The van der Waals surface area contributed by atoms with E-state index in [1.165, 1.54) is 13.8 Å². The van der Waals surface area contributed by atoms with Gasteiger partial charge in [0.25, 0.3) is 5.56 Å². The molecule has 1 N–H and O–H groups in total. The summed E-state index contributed by atoms with van der Waals surface area (Å²) in [6.45, 7) is 2.71. The zero-order valence-corrected chi connectivity index (χ0v) is 13.8. The van der Waals surface area contributed by atoms with Gasteiger partial charge in [-0.1, -0.05) is 0 Å². The molecule has 10 heteroatoms. The van der Waals surface area contributed by atoms with Gasteiger partial charge in [0.05, 0.1) is 11.4 Å². The van der Waals surface area contributed by atoms with Gasteiger partial charge in [-0.2, -0.15) is 18.4 Å². The second-order valence-electron chi connectivity index (χ2n) is 5.14. The molecule has 0 fully saturated rings. The van der Waals surface area contributed by atoms with Gasteiger partial charge in [-0.3, -0.25) is 14.3 Å². The molecule has 0 spiro atoms. The van der Waals surface area contributed by atoms with Gasteiger partial charge in [-0.15, -0.1) is 11.8 Å². The minimum Gasteiger partial charge on any atom is -0.273 e. The SMILES string of the molecule is Cc1cc(F)c(-n2c(C)c(C#N)c(=O)[nH]c2=O)cc1SCC(F)(F)F. The van der Waals surface area contributed by atoms with E-state index in [1.54, 1.807) is 6.07 Å². The molecule has 1 heterocycles. The van der Waals surface area contributed by atoms with E-state index in [0.29, 0.717) is 11.8 Å². The van der Waals surface area contributed by atoms with Crippen LogP contribution < -0.4 is 11.2 Å². The summed E-state index contributed by atoms with van der Waals surface area (Å²) in [6, 6.07) is 3.70. The molecule has 0 unspecified atom stereocenters. The van der Waals surface area contributed by atoms with Crippen molar-refractivity contribution in [2.75, 3.05) is 5.75 Å². The highest BCUT2D eigenvalue weighted by atomic mass is 32.2. The molecule has 0 aliphatic carbocycles. The summed E-state index contributed by atoms with van der Waals surface area (Å²) in [5.41, 5.74) is -2.47. The summed E-state index contributed by atoms with van der Waals surface area (Å²) in [5, 5.41) is 9.00. The zero-order valence-electron chi connectivity index (χ0n) is 13.0. The molecule has 0 saturated heterocycles. The van der Waals surface area contributed by atoms with Crippen LogP contribution in [0.25, 0.3) is 5.69 Å². The molecular weight excluding hydrogens is 362 g/mol. The fraction of sp³-hybridized carbons (Fsp3) is 0.267. The number of alkyl halides is 3. The topological polar surface area (TPSA) is 78.7 Å². The lowest BCUT2D eigenvalue weighted by Crippen LogP contribution is -2.33. The molecular formula is C15H11F4N3O2S. The Balaban J connectivity index is 2.67. The highest BCUT2D eigenvalue weighted by molar-refractivity contribution is 7.99. The molecule has 132 valence electrons. The molecule has 0 aliphatic heterocycles. The molecule has 0 bridgehead atoms. The van der Waals surface area contributed by atoms with E-state index in [9.17, 15) is 27.2 Å². The molecule has 2 rings (SSSR count). The van der Waals surface area contributed by atoms with Gasteiger partial charge in [-0.25, -0.2) is 9.18 Å². The highest BCUT2D eigenvalue weighted by Gasteiger charge is 2.28. The number of aromatic nitrogens is 2. The number of benzene rings is 1. The van der Waals surface area contributed by atoms with Gasteiger partial charge in [0, 0.05) is 10.6 Å². The van der Waals surface area contributed by atoms with Crippen molar-refractivity contribution in [1.29, 1.82) is 5.26 Å². The van der Waals surface area contributed by atoms with Gasteiger partial charge >= 0.3 is 11.9 Å². The van der Waals surface area contributed by atoms with E-state index in [4.69, 9.17) is 5.26 Å². The summed E-state index contributed by atoms with van der Waals surface area (Å²) in [4.78, 5) is 25.6. The second-order valence-corrected chi connectivity index (χ2v) is 6.16. The molecule has 0 atom stereocenters. The standard InChI is InChI=1S/C15H11F4N3O2S/c1-7-3-10(16)11(4-12(7)25-6-15(17,18)19)22-8(2)9(5-20)13(23)21-14(22)24/h3-4H,6H2,1-2H3,(H,21,23,24). The Morgan fingerprint density at radius 2 is 1.92 bits per heavy atom. The first-order valence-corrected chi connectivity index (χ1v) is 7.80. The third kappa shape index (κ3) is 3.93. The average Bonchev–Trinajstić information content (AvgIpc) is 2.47. The number of rotatable bonds is 3. The predicted molar refractivity (Wildman–Crippen MR) is 83.6 cm³/mol. The molecule has 1 aromatic carbocycles. The number of halogens is 4. The third-order valence-corrected chi connectivity index (χ3v) is 4.56. The van der Waals surface area contributed by atoms with Crippen molar-refractivity contribution < 1.29 is 17.6 Å². The van der Waals surface area contributed by atoms with E-state index in [0.717, 1.165) is 16.7 Å². The van der Waals surface area contributed by atoms with Gasteiger partial charge in [-0.05, 0) is 31.5 Å². The van der Waals surface area contributed by atoms with Gasteiger partial charge in [0.15, 0.2) is 0 Å². The van der Waals surface area contributed by atoms with E-state index in [2.05, 4.69) is 0 Å². The maximum Gasteiger partial charge on any atom is 0.398 e. The molecule has 0 saturated carbocycles. The summed E-state index contributed by atoms with van der Waals surface area (Å²) >= 11 is 0.452. The summed E-state index contributed by atoms with van der Waals surface area (Å²) in [6.07, 6.45) is -4.41. The smallest absolute Gasteiger partial charge is 0.273 e. The zero-order chi connectivity index (χ0) is 18.9. The van der Waals surface area contributed by atoms with Crippen molar-refractivity contribution >= 4 is 11.8 Å². The van der Waals surface area contributed by atoms with Crippen LogP contribution >= 0.6 is 11.8 Å². The number of nitrogens with one attached hydrogen (secondary N) is 1. The summed E-state index contributed by atoms with van der Waals surface area (Å²) in [7, 11) is 0. The molecule has 0 radical (unpaired) electrons. The van der Waals surface area contributed by atoms with E-state index >= 15 is 0 Å². The number of nitrogens with zero attached hydrogens (tertiary/aromatic N) is 2. The highest BCUT2D eigenvalue weighted by Crippen LogP contribution is 2.32. The third-order valence-electron chi connectivity index (χ3n) is 3.34. The number of thioether (sulfide) groups is 1. The first-order chi connectivity index (χ1) is 11.5. The van der Waals surface area contributed by atoms with Gasteiger partial charge < -0.3 is 0 Å². The van der Waals surface area contributed by atoms with Crippen LogP contribution in [0, 0.1) is 31.0 Å². The first kappa shape index (κ1) is 18.8. The fourth-order valence-electron chi connectivity index (χ4n) is 2.19. The van der Waals surface area contributed by atoms with Crippen molar-refractivity contribution in [3.8, 4) is 11.8 Å². The van der Waals surface area contributed by atoms with Crippen LogP contribution in [0.3, 0.4) is 0 Å². The summed E-state index contributed by atoms with van der Waals surface area (Å²) in [5.74, 6) is -2.04. The van der Waals surface area contributed by atoms with E-state index in [1.807, 2.05) is 4.98 Å². The van der Waals surface area contributed by atoms with Crippen molar-refractivity contribution in [3.63, 3.8) is 0 Å². The lowest BCUT2D eigenvalue weighted by Gasteiger charge is -2.15. The molecule has 2 aromatic rings. The molecule has 5 nitrogen and oxygen atoms in total. The van der Waals surface area contributed by atoms with Crippen molar-refractivity contribution in [2.45, 2.75) is 24.9 Å². The van der Waals surface area contributed by atoms with Crippen LogP contribution in [0.15, 0.2) is 26.6 Å². The quantitative estimate of drug-likeness (QED) is 0.663. The fourth-order valence-corrected chi connectivity index (χ4v) is 2.99. The molecule has 1 aromatic heterocycles. The van der Waals surface area contributed by atoms with Crippen LogP contribution in [0.4, 0.5) is 17.6 Å². The largest absolute Gasteiger partial charge is 0.398 e. The van der Waals surface area contributed by atoms with Gasteiger partial charge in [0.1, 0.15) is 17.4 Å². The molecule has 25 heavy (non-hydrogen) atoms. The number of hydrogen-bond donors (Lipinski definition) is 1. The number of aromatic amines is 1. The Bertz CT molecular complexity index is 986. The average molecular weight is 373 g/mol. The second kappa shape index (κ2) is 6.76. The Morgan fingerprint density at radius 1 is 1.28 bits per heavy atom. The van der Waals surface area contributed by atoms with Crippen molar-refractivity contribution in [1.82, 2.24) is 9.55 Å². The number of H-pyrrole nitrogens is 1. The monoisotopic (exact) mass is 373 g/mol. The Kier molecular flexibility index (Phi) is 5.08. The Hall–Kier alpha value is -2.54. The number of hydrogen-bond acceptors (Lipinski definition) is 4. The van der Waals surface area contributed by atoms with Crippen LogP contribution in [-0.2, 0) is 0 Å². The van der Waals surface area contributed by atoms with Crippen LogP contribution in [0.2, 0.25) is 0 Å². The Morgan fingerprint density at radius 3 is 2.48 bits per heavy atom. The minimum atomic E-state index is -4.41. The number of aryl methyl sites for hydroxylation is 1. The lowest BCUT2D eigenvalue weighted by atomic mass is 10.2. The minimum absolute atomic E-state index is 0.106. The van der Waals surface area contributed by atoms with Crippen LogP contribution in [-0.4, -0.2) is 21.5 Å². The molecule has 0 amide bonds. The maximum absolute atomic E-state index is 14.3. The van der Waals surface area contributed by atoms with Crippen molar-refractivity contribution in [3.05, 3.63) is 55.6 Å². The normalized spacial score (nSPS) is 11.4. The maximum atomic E-state index is 14.3. The summed E-state index contributed by atoms with van der Waals surface area (Å²) < 4.78 is 52.3. The predicted octanol–water partition coefficient (Wildman–Crippen LogP) is 2.81. The van der Waals surface area contributed by atoms with Gasteiger partial charge in [0.2, 0.25) is 0 Å². The van der Waals surface area contributed by atoms with E-state index < -0.39 is 29.0 Å².